The summed E-state index contributed by atoms with van der Waals surface area (Å²) < 4.78 is 16.6. The predicted octanol–water partition coefficient (Wildman–Crippen LogP) is 7.02. The van der Waals surface area contributed by atoms with E-state index in [1.54, 1.807) is 13.8 Å². The van der Waals surface area contributed by atoms with Crippen LogP contribution in [0.2, 0.25) is 0 Å². The summed E-state index contributed by atoms with van der Waals surface area (Å²) in [4.78, 5) is 23.4. The van der Waals surface area contributed by atoms with Gasteiger partial charge in [-0.15, -0.1) is 0 Å². The van der Waals surface area contributed by atoms with Crippen molar-refractivity contribution < 1.29 is 28.9 Å². The average molecular weight is 529 g/mol. The summed E-state index contributed by atoms with van der Waals surface area (Å²) in [5.74, 6) is 1.30. The minimum Gasteiger partial charge on any atom is -0.465 e. The summed E-state index contributed by atoms with van der Waals surface area (Å²) in [6.07, 6.45) is 20.8. The Hall–Kier alpha value is -3.90. The van der Waals surface area contributed by atoms with Crippen LogP contribution in [-0.2, 0) is 23.8 Å². The minimum atomic E-state index is -0.972. The highest BCUT2D eigenvalue weighted by Gasteiger charge is 2.22. The normalized spacial score (nSPS) is 19.9. The first kappa shape index (κ1) is 28.1. The monoisotopic (exact) mass is 528 g/mol. The van der Waals surface area contributed by atoms with Crippen LogP contribution < -0.4 is 0 Å². The van der Waals surface area contributed by atoms with Crippen LogP contribution in [0.1, 0.15) is 65.2 Å². The molecule has 4 rings (SSSR count). The molecule has 6 nitrogen and oxygen atoms in total. The zero-order valence-electron chi connectivity index (χ0n) is 22.8. The molecular formula is C33H36O6. The summed E-state index contributed by atoms with van der Waals surface area (Å²) >= 11 is 0. The second kappa shape index (κ2) is 12.8. The molecule has 1 unspecified atom stereocenters. The van der Waals surface area contributed by atoms with Crippen molar-refractivity contribution in [3.05, 3.63) is 118 Å². The molecule has 0 aromatic rings. The molecule has 0 spiro atoms. The molecule has 0 bridgehead atoms. The fraction of sp³-hybridized carbons (Fsp3) is 0.333. The smallest absolute Gasteiger partial charge is 0.338 e. The highest BCUT2D eigenvalue weighted by atomic mass is 16.6. The van der Waals surface area contributed by atoms with E-state index in [-0.39, 0.29) is 0 Å². The van der Waals surface area contributed by atoms with Crippen LogP contribution in [-0.4, -0.2) is 23.3 Å². The van der Waals surface area contributed by atoms with Gasteiger partial charge >= 0.3 is 11.9 Å². The standard InChI is InChI=1S/C33H36O6/c1-21(2)31(34)37-28-15-9-24(10-16-28)23-5-7-27(8-6-23)33(36)39-30-19-13-26(14-20-30)25-11-17-29(18-12-25)38-32(35)22(3)4/h5,7,9,11,13,15,17,19,33,36H,1,3,6,8,10,12,14,16,18,20H2,2,4H3. The lowest BCUT2D eigenvalue weighted by atomic mass is 9.88. The van der Waals surface area contributed by atoms with E-state index in [9.17, 15) is 14.7 Å². The molecule has 0 aliphatic heterocycles. The van der Waals surface area contributed by atoms with Gasteiger partial charge in [-0.2, -0.15) is 0 Å². The van der Waals surface area contributed by atoms with Crippen molar-refractivity contribution >= 4 is 11.9 Å². The van der Waals surface area contributed by atoms with Crippen molar-refractivity contribution in [1.82, 2.24) is 0 Å². The Kier molecular flexibility index (Phi) is 9.20. The third kappa shape index (κ3) is 7.58. The molecule has 204 valence electrons. The van der Waals surface area contributed by atoms with Gasteiger partial charge in [-0.3, -0.25) is 0 Å². The van der Waals surface area contributed by atoms with Gasteiger partial charge in [0.2, 0.25) is 6.29 Å². The lowest BCUT2D eigenvalue weighted by molar-refractivity contribution is -0.136. The minimum absolute atomic E-state index is 0.387. The molecule has 0 aromatic carbocycles. The van der Waals surface area contributed by atoms with Gasteiger partial charge in [0.15, 0.2) is 0 Å². The molecule has 0 saturated heterocycles. The van der Waals surface area contributed by atoms with Gasteiger partial charge in [0.1, 0.15) is 17.3 Å². The molecule has 0 fully saturated rings. The van der Waals surface area contributed by atoms with Gasteiger partial charge in [-0.25, -0.2) is 9.59 Å². The summed E-state index contributed by atoms with van der Waals surface area (Å²) in [7, 11) is 0. The summed E-state index contributed by atoms with van der Waals surface area (Å²) in [6, 6.07) is 0. The Morgan fingerprint density at radius 1 is 0.615 bits per heavy atom. The maximum atomic E-state index is 11.7. The number of esters is 2. The maximum absolute atomic E-state index is 11.7. The second-order valence-corrected chi connectivity index (χ2v) is 10.2. The number of hydrogen-bond donors (Lipinski definition) is 1. The van der Waals surface area contributed by atoms with E-state index in [4.69, 9.17) is 14.2 Å². The van der Waals surface area contributed by atoms with Gasteiger partial charge in [-0.1, -0.05) is 43.5 Å². The average Bonchev–Trinajstić information content (AvgIpc) is 2.94. The Bertz CT molecular complexity index is 1320. The Labute approximate surface area is 230 Å². The molecule has 0 radical (unpaired) electrons. The Morgan fingerprint density at radius 2 is 1.00 bits per heavy atom. The lowest BCUT2D eigenvalue weighted by Gasteiger charge is -2.25. The first-order valence-electron chi connectivity index (χ1n) is 13.4. The quantitative estimate of drug-likeness (QED) is 0.197. The van der Waals surface area contributed by atoms with Gasteiger partial charge in [0, 0.05) is 30.4 Å². The predicted molar refractivity (Wildman–Crippen MR) is 151 cm³/mol. The van der Waals surface area contributed by atoms with E-state index in [2.05, 4.69) is 13.2 Å². The number of ether oxygens (including phenoxy) is 3. The third-order valence-corrected chi connectivity index (χ3v) is 7.06. The van der Waals surface area contributed by atoms with Crippen LogP contribution in [0.25, 0.3) is 0 Å². The van der Waals surface area contributed by atoms with Crippen molar-refractivity contribution in [2.75, 3.05) is 0 Å². The molecule has 4 aliphatic carbocycles. The number of aliphatic hydroxyl groups is 1. The third-order valence-electron chi connectivity index (χ3n) is 7.06. The second-order valence-electron chi connectivity index (χ2n) is 10.2. The molecule has 4 aliphatic rings. The van der Waals surface area contributed by atoms with Crippen molar-refractivity contribution in [1.29, 1.82) is 0 Å². The maximum Gasteiger partial charge on any atom is 0.338 e. The molecule has 0 amide bonds. The van der Waals surface area contributed by atoms with Gasteiger partial charge in [0.05, 0.1) is 0 Å². The van der Waals surface area contributed by atoms with Gasteiger partial charge in [0.25, 0.3) is 0 Å². The molecule has 1 atom stereocenters. The molecule has 1 N–H and O–H groups in total. The van der Waals surface area contributed by atoms with Gasteiger partial charge < -0.3 is 19.3 Å². The SMILES string of the molecule is C=C(C)C(=O)OC1=CC=C(C2=CC=C(OC(O)C3=CC=C(C4=CC=C(OC(=O)C(=C)C)CC4)CC3)CC2)CC1. The van der Waals surface area contributed by atoms with Crippen LogP contribution in [0, 0.1) is 0 Å². The van der Waals surface area contributed by atoms with Crippen LogP contribution in [0.3, 0.4) is 0 Å². The number of carbonyl (C=O) groups excluding carboxylic acids is 2. The molecular weight excluding hydrogens is 492 g/mol. The molecule has 0 aromatic heterocycles. The molecule has 39 heavy (non-hydrogen) atoms. The van der Waals surface area contributed by atoms with Crippen LogP contribution >= 0.6 is 0 Å². The Balaban J connectivity index is 1.32. The number of hydrogen-bond acceptors (Lipinski definition) is 6. The molecule has 0 heterocycles. The van der Waals surface area contributed by atoms with E-state index in [0.29, 0.717) is 41.9 Å². The van der Waals surface area contributed by atoms with Crippen molar-refractivity contribution in [3.63, 3.8) is 0 Å². The number of rotatable bonds is 9. The zero-order chi connectivity index (χ0) is 27.9. The number of aliphatic hydroxyl groups excluding tert-OH is 1. The largest absolute Gasteiger partial charge is 0.465 e. The zero-order valence-corrected chi connectivity index (χ0v) is 22.8. The lowest BCUT2D eigenvalue weighted by Crippen LogP contribution is -2.17. The fourth-order valence-corrected chi connectivity index (χ4v) is 4.68. The highest BCUT2D eigenvalue weighted by molar-refractivity contribution is 5.88. The molecule has 0 saturated carbocycles. The first-order valence-corrected chi connectivity index (χ1v) is 13.4. The fourth-order valence-electron chi connectivity index (χ4n) is 4.68. The summed E-state index contributed by atoms with van der Waals surface area (Å²) in [6.45, 7) is 10.5. The number of allylic oxidation sites excluding steroid dienone is 15. The first-order chi connectivity index (χ1) is 18.7. The van der Waals surface area contributed by atoms with Crippen LogP contribution in [0.4, 0.5) is 0 Å². The van der Waals surface area contributed by atoms with Crippen molar-refractivity contribution in [2.45, 2.75) is 71.5 Å². The van der Waals surface area contributed by atoms with Crippen molar-refractivity contribution in [2.24, 2.45) is 0 Å². The van der Waals surface area contributed by atoms with E-state index in [1.807, 2.05) is 48.6 Å². The van der Waals surface area contributed by atoms with Gasteiger partial charge in [-0.05, 0) is 92.0 Å². The van der Waals surface area contributed by atoms with Crippen LogP contribution in [0.15, 0.2) is 118 Å². The van der Waals surface area contributed by atoms with Crippen molar-refractivity contribution in [3.8, 4) is 0 Å². The van der Waals surface area contributed by atoms with Crippen LogP contribution in [0.5, 0.6) is 0 Å². The van der Waals surface area contributed by atoms with E-state index < -0.39 is 18.2 Å². The van der Waals surface area contributed by atoms with E-state index in [1.165, 1.54) is 22.3 Å². The summed E-state index contributed by atoms with van der Waals surface area (Å²) in [5.41, 5.74) is 6.53. The van der Waals surface area contributed by atoms with E-state index in [0.717, 1.165) is 43.4 Å². The topological polar surface area (TPSA) is 82.1 Å². The van der Waals surface area contributed by atoms with E-state index >= 15 is 0 Å². The number of carbonyl (C=O) groups is 2. The summed E-state index contributed by atoms with van der Waals surface area (Å²) in [5, 5.41) is 10.7. The molecule has 6 heteroatoms. The highest BCUT2D eigenvalue weighted by Crippen LogP contribution is 2.34. The Morgan fingerprint density at radius 3 is 1.33 bits per heavy atom.